The van der Waals surface area contributed by atoms with E-state index in [2.05, 4.69) is 15.9 Å². The van der Waals surface area contributed by atoms with Crippen LogP contribution in [0.25, 0.3) is 0 Å². The standard InChI is InChI=1S/C14H11BrF3N/c15-9-3-1-2-8(6-9)7-12(19)10-4-5-11(16)14(18)13(10)17/h1-6,12H,7,19H2. The SMILES string of the molecule is NC(Cc1cccc(Br)c1)c1ccc(F)c(F)c1F. The van der Waals surface area contributed by atoms with Crippen LogP contribution in [0.4, 0.5) is 13.2 Å². The summed E-state index contributed by atoms with van der Waals surface area (Å²) in [5, 5.41) is 0. The van der Waals surface area contributed by atoms with E-state index in [-0.39, 0.29) is 5.56 Å². The molecular weight excluding hydrogens is 319 g/mol. The first-order valence-electron chi connectivity index (χ1n) is 5.62. The first-order valence-corrected chi connectivity index (χ1v) is 6.41. The van der Waals surface area contributed by atoms with Crippen molar-refractivity contribution in [2.45, 2.75) is 12.5 Å². The Bertz CT molecular complexity index is 601. The molecule has 0 aliphatic carbocycles. The molecule has 2 aromatic rings. The molecule has 0 saturated heterocycles. The molecule has 1 nitrogen and oxygen atoms in total. The molecule has 5 heteroatoms. The van der Waals surface area contributed by atoms with Crippen LogP contribution in [0.2, 0.25) is 0 Å². The van der Waals surface area contributed by atoms with Crippen molar-refractivity contribution in [3.63, 3.8) is 0 Å². The van der Waals surface area contributed by atoms with Crippen molar-refractivity contribution >= 4 is 15.9 Å². The Kier molecular flexibility index (Phi) is 4.27. The number of rotatable bonds is 3. The van der Waals surface area contributed by atoms with E-state index in [9.17, 15) is 13.2 Å². The van der Waals surface area contributed by atoms with Crippen molar-refractivity contribution in [1.82, 2.24) is 0 Å². The van der Waals surface area contributed by atoms with Gasteiger partial charge in [-0.15, -0.1) is 0 Å². The maximum absolute atomic E-state index is 13.6. The average molecular weight is 330 g/mol. The maximum Gasteiger partial charge on any atom is 0.194 e. The van der Waals surface area contributed by atoms with E-state index < -0.39 is 23.5 Å². The monoisotopic (exact) mass is 329 g/mol. The Morgan fingerprint density at radius 3 is 2.47 bits per heavy atom. The van der Waals surface area contributed by atoms with Crippen molar-refractivity contribution in [1.29, 1.82) is 0 Å². The first-order chi connectivity index (χ1) is 8.99. The van der Waals surface area contributed by atoms with Crippen LogP contribution >= 0.6 is 15.9 Å². The summed E-state index contributed by atoms with van der Waals surface area (Å²) < 4.78 is 40.5. The Balaban J connectivity index is 2.25. The Morgan fingerprint density at radius 1 is 1.05 bits per heavy atom. The van der Waals surface area contributed by atoms with Crippen molar-refractivity contribution in [3.05, 3.63) is 69.4 Å². The average Bonchev–Trinajstić information content (AvgIpc) is 2.36. The van der Waals surface area contributed by atoms with E-state index in [0.717, 1.165) is 16.1 Å². The zero-order valence-electron chi connectivity index (χ0n) is 9.84. The summed E-state index contributed by atoms with van der Waals surface area (Å²) in [6, 6.07) is 8.69. The van der Waals surface area contributed by atoms with Crippen LogP contribution in [0, 0.1) is 17.5 Å². The van der Waals surface area contributed by atoms with Gasteiger partial charge < -0.3 is 5.73 Å². The molecule has 0 spiro atoms. The van der Waals surface area contributed by atoms with Gasteiger partial charge in [-0.1, -0.05) is 34.1 Å². The highest BCUT2D eigenvalue weighted by atomic mass is 79.9. The van der Waals surface area contributed by atoms with Gasteiger partial charge in [0.15, 0.2) is 17.5 Å². The fraction of sp³-hybridized carbons (Fsp3) is 0.143. The molecule has 0 aliphatic heterocycles. The van der Waals surface area contributed by atoms with E-state index in [1.807, 2.05) is 24.3 Å². The molecule has 0 saturated carbocycles. The predicted molar refractivity (Wildman–Crippen MR) is 71.1 cm³/mol. The molecule has 0 fully saturated rings. The zero-order valence-corrected chi connectivity index (χ0v) is 11.4. The number of hydrogen-bond acceptors (Lipinski definition) is 1. The van der Waals surface area contributed by atoms with Crippen LogP contribution < -0.4 is 5.73 Å². The lowest BCUT2D eigenvalue weighted by molar-refractivity contribution is 0.435. The molecule has 0 amide bonds. The molecule has 100 valence electrons. The second-order valence-electron chi connectivity index (χ2n) is 4.21. The van der Waals surface area contributed by atoms with Crippen molar-refractivity contribution in [2.24, 2.45) is 5.73 Å². The lowest BCUT2D eigenvalue weighted by atomic mass is 9.99. The smallest absolute Gasteiger partial charge is 0.194 e. The zero-order chi connectivity index (χ0) is 14.0. The third-order valence-electron chi connectivity index (χ3n) is 2.81. The highest BCUT2D eigenvalue weighted by molar-refractivity contribution is 9.10. The lowest BCUT2D eigenvalue weighted by Gasteiger charge is -2.14. The lowest BCUT2D eigenvalue weighted by Crippen LogP contribution is -2.16. The van der Waals surface area contributed by atoms with Crippen LogP contribution in [-0.4, -0.2) is 0 Å². The minimum atomic E-state index is -1.48. The Labute approximate surface area is 117 Å². The molecule has 2 rings (SSSR count). The number of nitrogens with two attached hydrogens (primary N) is 1. The minimum absolute atomic E-state index is 0.0288. The number of benzene rings is 2. The predicted octanol–water partition coefficient (Wildman–Crippen LogP) is 4.11. The largest absolute Gasteiger partial charge is 0.324 e. The van der Waals surface area contributed by atoms with Crippen LogP contribution in [0.3, 0.4) is 0 Å². The van der Waals surface area contributed by atoms with Crippen molar-refractivity contribution in [3.8, 4) is 0 Å². The highest BCUT2D eigenvalue weighted by Crippen LogP contribution is 2.23. The van der Waals surface area contributed by atoms with Gasteiger partial charge >= 0.3 is 0 Å². The van der Waals surface area contributed by atoms with Crippen LogP contribution in [0.1, 0.15) is 17.2 Å². The molecule has 1 atom stereocenters. The summed E-state index contributed by atoms with van der Waals surface area (Å²) in [6.45, 7) is 0. The molecule has 0 aliphatic rings. The van der Waals surface area contributed by atoms with Gasteiger partial charge in [-0.25, -0.2) is 13.2 Å². The van der Waals surface area contributed by atoms with E-state index in [4.69, 9.17) is 5.73 Å². The summed E-state index contributed by atoms with van der Waals surface area (Å²) >= 11 is 3.32. The first kappa shape index (κ1) is 14.1. The van der Waals surface area contributed by atoms with Crippen molar-refractivity contribution in [2.75, 3.05) is 0 Å². The van der Waals surface area contributed by atoms with Crippen molar-refractivity contribution < 1.29 is 13.2 Å². The van der Waals surface area contributed by atoms with Gasteiger partial charge in [0, 0.05) is 16.1 Å². The fourth-order valence-electron chi connectivity index (χ4n) is 1.86. The summed E-state index contributed by atoms with van der Waals surface area (Å²) in [7, 11) is 0. The van der Waals surface area contributed by atoms with Gasteiger partial charge in [0.05, 0.1) is 0 Å². The number of hydrogen-bond donors (Lipinski definition) is 1. The van der Waals surface area contributed by atoms with E-state index >= 15 is 0 Å². The Hall–Kier alpha value is -1.33. The van der Waals surface area contributed by atoms with E-state index in [1.165, 1.54) is 6.07 Å². The number of halogens is 4. The molecule has 1 unspecified atom stereocenters. The quantitative estimate of drug-likeness (QED) is 0.842. The summed E-state index contributed by atoms with van der Waals surface area (Å²) in [6.07, 6.45) is 0.335. The molecule has 19 heavy (non-hydrogen) atoms. The maximum atomic E-state index is 13.6. The molecule has 0 radical (unpaired) electrons. The van der Waals surface area contributed by atoms with Gasteiger partial charge in [0.2, 0.25) is 0 Å². The van der Waals surface area contributed by atoms with E-state index in [0.29, 0.717) is 6.42 Å². The van der Waals surface area contributed by atoms with Crippen LogP contribution in [0.15, 0.2) is 40.9 Å². The highest BCUT2D eigenvalue weighted by Gasteiger charge is 2.18. The van der Waals surface area contributed by atoms with Gasteiger partial charge in [-0.3, -0.25) is 0 Å². The topological polar surface area (TPSA) is 26.0 Å². The molecule has 0 heterocycles. The summed E-state index contributed by atoms with van der Waals surface area (Å²) in [5.41, 5.74) is 6.70. The molecule has 0 bridgehead atoms. The Morgan fingerprint density at radius 2 is 1.79 bits per heavy atom. The fourth-order valence-corrected chi connectivity index (χ4v) is 2.30. The normalized spacial score (nSPS) is 12.5. The summed E-state index contributed by atoms with van der Waals surface area (Å²) in [5.74, 6) is -3.92. The second kappa shape index (κ2) is 5.75. The molecular formula is C14H11BrF3N. The van der Waals surface area contributed by atoms with Crippen LogP contribution in [-0.2, 0) is 6.42 Å². The summed E-state index contributed by atoms with van der Waals surface area (Å²) in [4.78, 5) is 0. The second-order valence-corrected chi connectivity index (χ2v) is 5.12. The molecule has 2 N–H and O–H groups in total. The van der Waals surface area contributed by atoms with Crippen LogP contribution in [0.5, 0.6) is 0 Å². The van der Waals surface area contributed by atoms with Gasteiger partial charge in [0.1, 0.15) is 0 Å². The molecule has 0 aromatic heterocycles. The third kappa shape index (κ3) is 3.16. The third-order valence-corrected chi connectivity index (χ3v) is 3.30. The van der Waals surface area contributed by atoms with E-state index in [1.54, 1.807) is 0 Å². The van der Waals surface area contributed by atoms with Gasteiger partial charge in [-0.05, 0) is 30.2 Å². The minimum Gasteiger partial charge on any atom is -0.324 e. The van der Waals surface area contributed by atoms with Gasteiger partial charge in [0.25, 0.3) is 0 Å². The molecule has 2 aromatic carbocycles. The van der Waals surface area contributed by atoms with Gasteiger partial charge in [-0.2, -0.15) is 0 Å².